The molecule has 0 unspecified atom stereocenters. The second-order valence-corrected chi connectivity index (χ2v) is 9.05. The summed E-state index contributed by atoms with van der Waals surface area (Å²) in [6.07, 6.45) is -4.30. The van der Waals surface area contributed by atoms with Gasteiger partial charge in [0, 0.05) is 24.7 Å². The van der Waals surface area contributed by atoms with E-state index in [1.807, 2.05) is 13.0 Å². The lowest BCUT2D eigenvalue weighted by Crippen LogP contribution is -2.42. The summed E-state index contributed by atoms with van der Waals surface area (Å²) in [5.41, 5.74) is -0.516. The van der Waals surface area contributed by atoms with E-state index in [0.29, 0.717) is 29.5 Å². The van der Waals surface area contributed by atoms with E-state index >= 15 is 8.78 Å². The largest absolute Gasteiger partial charge is 0.463 e. The molecule has 3 rings (SSSR count). The average molecular weight is 567 g/mol. The first-order valence-corrected chi connectivity index (χ1v) is 12.9. The minimum absolute atomic E-state index is 0.0841. The van der Waals surface area contributed by atoms with Crippen LogP contribution in [0.1, 0.15) is 51.7 Å². The van der Waals surface area contributed by atoms with Crippen molar-refractivity contribution in [2.75, 3.05) is 23.8 Å². The maximum Gasteiger partial charge on any atom is 0.412 e. The van der Waals surface area contributed by atoms with Gasteiger partial charge in [-0.1, -0.05) is 31.5 Å². The summed E-state index contributed by atoms with van der Waals surface area (Å²) in [5, 5.41) is 15.1. The van der Waals surface area contributed by atoms with Gasteiger partial charge in [-0.3, -0.25) is 14.9 Å². The van der Waals surface area contributed by atoms with Crippen LogP contribution in [-0.2, 0) is 23.8 Å². The Kier molecular flexibility index (Phi) is 11.1. The number of esters is 1. The van der Waals surface area contributed by atoms with Crippen molar-refractivity contribution in [3.8, 4) is 0 Å². The third kappa shape index (κ3) is 8.29. The molecule has 2 aromatic rings. The second-order valence-electron chi connectivity index (χ2n) is 9.05. The molecule has 0 radical (unpaired) electrons. The predicted octanol–water partition coefficient (Wildman–Crippen LogP) is 3.23. The van der Waals surface area contributed by atoms with E-state index in [9.17, 15) is 24.3 Å². The van der Waals surface area contributed by atoms with Crippen LogP contribution >= 0.6 is 0 Å². The highest BCUT2D eigenvalue weighted by atomic mass is 19.3. The molecule has 1 saturated heterocycles. The summed E-state index contributed by atoms with van der Waals surface area (Å²) >= 11 is 0. The molecule has 1 aliphatic heterocycles. The van der Waals surface area contributed by atoms with Crippen molar-refractivity contribution in [3.05, 3.63) is 53.1 Å². The highest BCUT2D eigenvalue weighted by molar-refractivity contribution is 5.90. The van der Waals surface area contributed by atoms with E-state index in [4.69, 9.17) is 14.2 Å². The number of aliphatic hydroxyl groups is 1. The maximum atomic E-state index is 15.0. The van der Waals surface area contributed by atoms with Gasteiger partial charge in [-0.25, -0.2) is 19.1 Å². The Hall–Kier alpha value is -3.91. The second kappa shape index (κ2) is 14.5. The molecule has 1 aromatic carbocycles. The molecule has 0 aliphatic carbocycles. The van der Waals surface area contributed by atoms with E-state index in [-0.39, 0.29) is 31.2 Å². The fraction of sp³-hybridized carbons (Fsp3) is 0.500. The van der Waals surface area contributed by atoms with Crippen molar-refractivity contribution < 1.29 is 42.5 Å². The number of unbranched alkanes of at least 4 members (excludes halogenated alkanes) is 2. The zero-order valence-electron chi connectivity index (χ0n) is 21.9. The first-order chi connectivity index (χ1) is 19.1. The monoisotopic (exact) mass is 566 g/mol. The molecule has 12 nitrogen and oxygen atoms in total. The SMILES string of the molecule is CCCCOC(=O)Nc1ccnc(=O)n1[C@@H]1O[C@H](COC(=O)CCCCC(=O)Nc2ccccc2)[C@@H](O)C1(F)F. The van der Waals surface area contributed by atoms with E-state index in [2.05, 4.69) is 15.6 Å². The lowest BCUT2D eigenvalue weighted by molar-refractivity contribution is -0.150. The summed E-state index contributed by atoms with van der Waals surface area (Å²) in [6, 6.07) is 9.97. The molecule has 2 amide bonds. The van der Waals surface area contributed by atoms with Gasteiger partial charge < -0.3 is 24.6 Å². The summed E-state index contributed by atoms with van der Waals surface area (Å²) in [4.78, 5) is 51.9. The molecule has 0 saturated carbocycles. The number of ether oxygens (including phenoxy) is 3. The van der Waals surface area contributed by atoms with E-state index in [1.165, 1.54) is 0 Å². The fourth-order valence-electron chi connectivity index (χ4n) is 3.83. The van der Waals surface area contributed by atoms with Gasteiger partial charge in [0.25, 0.3) is 0 Å². The molecule has 1 aromatic heterocycles. The third-order valence-electron chi connectivity index (χ3n) is 5.96. The van der Waals surface area contributed by atoms with Crippen molar-refractivity contribution in [2.24, 2.45) is 0 Å². The molecule has 218 valence electrons. The summed E-state index contributed by atoms with van der Waals surface area (Å²) in [6.45, 7) is 1.26. The minimum atomic E-state index is -4.00. The van der Waals surface area contributed by atoms with Gasteiger partial charge in [0.15, 0.2) is 6.10 Å². The lowest BCUT2D eigenvalue weighted by Gasteiger charge is -2.23. The Bertz CT molecular complexity index is 1210. The van der Waals surface area contributed by atoms with Crippen molar-refractivity contribution in [1.82, 2.24) is 9.55 Å². The minimum Gasteiger partial charge on any atom is -0.463 e. The number of halogens is 2. The van der Waals surface area contributed by atoms with Crippen LogP contribution in [0.5, 0.6) is 0 Å². The van der Waals surface area contributed by atoms with Crippen molar-refractivity contribution in [2.45, 2.75) is 69.8 Å². The molecule has 2 heterocycles. The number of hydrogen-bond donors (Lipinski definition) is 3. The Balaban J connectivity index is 1.51. The van der Waals surface area contributed by atoms with Crippen LogP contribution in [0.4, 0.5) is 25.1 Å². The van der Waals surface area contributed by atoms with Crippen LogP contribution < -0.4 is 16.3 Å². The molecular weight excluding hydrogens is 534 g/mol. The number of nitrogens with one attached hydrogen (secondary N) is 2. The Morgan fingerprint density at radius 3 is 2.52 bits per heavy atom. The molecule has 40 heavy (non-hydrogen) atoms. The highest BCUT2D eigenvalue weighted by Crippen LogP contribution is 2.43. The van der Waals surface area contributed by atoms with E-state index in [1.54, 1.807) is 24.3 Å². The molecule has 3 atom stereocenters. The average Bonchev–Trinajstić information content (AvgIpc) is 3.14. The lowest BCUT2D eigenvalue weighted by atomic mass is 10.1. The van der Waals surface area contributed by atoms with Crippen LogP contribution in [0.2, 0.25) is 0 Å². The standard InChI is InChI=1S/C26H32F2N4O8/c1-2-3-15-38-25(37)31-19-13-14-29-24(36)32(19)23-26(27,28)22(35)18(40-23)16-39-21(34)12-8-7-11-20(33)30-17-9-5-4-6-10-17/h4-6,9-10,13-14,18,22-23,35H,2-3,7-8,11-12,15-16H2,1H3,(H,30,33)(H,31,37)/t18-,22-,23-/m1/s1. The van der Waals surface area contributed by atoms with Gasteiger partial charge in [-0.05, 0) is 37.5 Å². The van der Waals surface area contributed by atoms with E-state index in [0.717, 1.165) is 18.7 Å². The molecule has 14 heteroatoms. The van der Waals surface area contributed by atoms with Crippen molar-refractivity contribution >= 4 is 29.5 Å². The molecular formula is C26H32F2N4O8. The van der Waals surface area contributed by atoms with Crippen LogP contribution in [-0.4, -0.2) is 64.0 Å². The maximum absolute atomic E-state index is 15.0. The fourth-order valence-corrected chi connectivity index (χ4v) is 3.83. The number of benzene rings is 1. The normalized spacial score (nSPS) is 19.6. The Morgan fingerprint density at radius 2 is 1.80 bits per heavy atom. The first kappa shape index (κ1) is 30.6. The van der Waals surface area contributed by atoms with Gasteiger partial charge in [0.2, 0.25) is 12.1 Å². The highest BCUT2D eigenvalue weighted by Gasteiger charge is 2.60. The molecule has 1 aliphatic rings. The van der Waals surface area contributed by atoms with E-state index < -0.39 is 48.7 Å². The number of para-hydroxylation sites is 1. The zero-order chi connectivity index (χ0) is 29.1. The van der Waals surface area contributed by atoms with Crippen LogP contribution in [0.25, 0.3) is 0 Å². The van der Waals surface area contributed by atoms with Gasteiger partial charge in [0.05, 0.1) is 6.61 Å². The third-order valence-corrected chi connectivity index (χ3v) is 5.96. The number of carbonyl (C=O) groups is 3. The topological polar surface area (TPSA) is 158 Å². The summed E-state index contributed by atoms with van der Waals surface area (Å²) in [7, 11) is 0. The molecule has 0 bridgehead atoms. The summed E-state index contributed by atoms with van der Waals surface area (Å²) in [5.74, 6) is -5.34. The number of nitrogens with zero attached hydrogens (tertiary/aromatic N) is 2. The number of rotatable bonds is 13. The Morgan fingerprint density at radius 1 is 1.07 bits per heavy atom. The summed E-state index contributed by atoms with van der Waals surface area (Å²) < 4.78 is 45.6. The zero-order valence-corrected chi connectivity index (χ0v) is 21.9. The number of amides is 2. The number of alkyl halides is 2. The smallest absolute Gasteiger partial charge is 0.412 e. The quantitative estimate of drug-likeness (QED) is 0.244. The molecule has 0 spiro atoms. The van der Waals surface area contributed by atoms with Crippen LogP contribution in [0, 0.1) is 0 Å². The van der Waals surface area contributed by atoms with Gasteiger partial charge in [-0.2, -0.15) is 8.78 Å². The predicted molar refractivity (Wildman–Crippen MR) is 138 cm³/mol. The van der Waals surface area contributed by atoms with Gasteiger partial charge >= 0.3 is 23.7 Å². The number of anilines is 2. The molecule has 3 N–H and O–H groups in total. The Labute approximate surface area is 228 Å². The van der Waals surface area contributed by atoms with Gasteiger partial charge in [0.1, 0.15) is 18.5 Å². The van der Waals surface area contributed by atoms with Gasteiger partial charge in [-0.15, -0.1) is 0 Å². The number of hydrogen-bond acceptors (Lipinski definition) is 9. The van der Waals surface area contributed by atoms with Crippen LogP contribution in [0.3, 0.4) is 0 Å². The van der Waals surface area contributed by atoms with Crippen molar-refractivity contribution in [1.29, 1.82) is 0 Å². The number of carbonyl (C=O) groups excluding carboxylic acids is 3. The molecule has 1 fully saturated rings. The van der Waals surface area contributed by atoms with Crippen molar-refractivity contribution in [3.63, 3.8) is 0 Å². The first-order valence-electron chi connectivity index (χ1n) is 12.9. The number of aliphatic hydroxyl groups excluding tert-OH is 1. The number of aromatic nitrogens is 2. The van der Waals surface area contributed by atoms with Crippen LogP contribution in [0.15, 0.2) is 47.4 Å².